The molecule has 0 unspecified atom stereocenters. The van der Waals surface area contributed by atoms with Gasteiger partial charge >= 0.3 is 0 Å². The summed E-state index contributed by atoms with van der Waals surface area (Å²) in [5, 5.41) is 9.49. The molecule has 7 heteroatoms. The van der Waals surface area contributed by atoms with Gasteiger partial charge in [0.15, 0.2) is 0 Å². The number of aromatic nitrogens is 4. The molecule has 0 aliphatic rings. The predicted octanol–water partition coefficient (Wildman–Crippen LogP) is 2.43. The number of nitrogens with zero attached hydrogens (tertiary/aromatic N) is 4. The Morgan fingerprint density at radius 3 is 3.14 bits per heavy atom. The maximum Gasteiger partial charge on any atom is 0.270 e. The molecule has 114 valence electrons. The average molecular weight is 298 g/mol. The second-order valence-corrected chi connectivity index (χ2v) is 4.90. The van der Waals surface area contributed by atoms with Crippen LogP contribution in [0.3, 0.4) is 0 Å². The first-order valence-corrected chi connectivity index (χ1v) is 6.80. The Morgan fingerprint density at radius 1 is 1.45 bits per heavy atom. The number of H-pyrrole nitrogens is 2. The molecule has 7 nitrogen and oxygen atoms in total. The van der Waals surface area contributed by atoms with Gasteiger partial charge in [0.1, 0.15) is 17.7 Å². The van der Waals surface area contributed by atoms with Crippen LogP contribution in [0.4, 0.5) is 0 Å². The summed E-state index contributed by atoms with van der Waals surface area (Å²) < 4.78 is 0. The van der Waals surface area contributed by atoms with Crippen LogP contribution in [0.25, 0.3) is 22.3 Å². The first-order chi connectivity index (χ1) is 10.7. The fraction of sp³-hybridized carbons (Fsp3) is 0.200. The first-order valence-electron chi connectivity index (χ1n) is 6.80. The minimum absolute atomic E-state index is 0. The van der Waals surface area contributed by atoms with Crippen LogP contribution in [-0.2, 0) is 0 Å². The summed E-state index contributed by atoms with van der Waals surface area (Å²) in [6.45, 7) is 0.402. The van der Waals surface area contributed by atoms with Crippen LogP contribution >= 0.6 is 0 Å². The molecule has 3 heterocycles. The van der Waals surface area contributed by atoms with Crippen molar-refractivity contribution < 1.29 is 7.65 Å². The number of nitriles is 1. The summed E-state index contributed by atoms with van der Waals surface area (Å²) in [6.07, 6.45) is 5.35. The summed E-state index contributed by atoms with van der Waals surface area (Å²) >= 11 is 0. The fourth-order valence-corrected chi connectivity index (χ4v) is 2.28. The third-order valence-electron chi connectivity index (χ3n) is 3.45. The lowest BCUT2D eigenvalue weighted by Gasteiger charge is -2.13. The van der Waals surface area contributed by atoms with Crippen LogP contribution in [0, 0.1) is 11.3 Å². The second kappa shape index (κ2) is 5.69. The maximum atomic E-state index is 12.3. The van der Waals surface area contributed by atoms with Crippen LogP contribution in [0.2, 0.25) is 0 Å². The van der Waals surface area contributed by atoms with Crippen molar-refractivity contribution in [3.05, 3.63) is 36.5 Å². The van der Waals surface area contributed by atoms with Crippen LogP contribution < -0.4 is 0 Å². The van der Waals surface area contributed by atoms with Crippen molar-refractivity contribution in [1.82, 2.24) is 24.8 Å². The van der Waals surface area contributed by atoms with Crippen molar-refractivity contribution in [2.24, 2.45) is 0 Å². The monoisotopic (exact) mass is 298 g/mol. The van der Waals surface area contributed by atoms with E-state index in [9.17, 15) is 4.79 Å². The number of aromatic amines is 2. The van der Waals surface area contributed by atoms with E-state index < -0.39 is 0 Å². The molecule has 0 aromatic carbocycles. The van der Waals surface area contributed by atoms with Gasteiger partial charge in [-0.2, -0.15) is 5.26 Å². The Kier molecular flexibility index (Phi) is 3.58. The quantitative estimate of drug-likeness (QED) is 0.772. The highest BCUT2D eigenvalue weighted by atomic mass is 16.2. The normalized spacial score (nSPS) is 10.5. The van der Waals surface area contributed by atoms with Gasteiger partial charge in [-0.1, -0.05) is 0 Å². The standard InChI is InChI=1S/C15H14N6O.2H2/c1-21(6-2-4-16)15(22)12-7-10(8-18-12)13-11-3-5-17-14(11)20-9-19-13;;/h3,5,7-9,18H,2,6H2,1H3,(H,17,19,20);2*1H. The third-order valence-corrected chi connectivity index (χ3v) is 3.45. The van der Waals surface area contributed by atoms with Crippen molar-refractivity contribution in [3.63, 3.8) is 0 Å². The van der Waals surface area contributed by atoms with E-state index in [0.29, 0.717) is 18.7 Å². The van der Waals surface area contributed by atoms with E-state index in [1.54, 1.807) is 25.5 Å². The molecule has 0 aliphatic heterocycles. The van der Waals surface area contributed by atoms with E-state index in [2.05, 4.69) is 19.9 Å². The molecule has 0 radical (unpaired) electrons. The molecular formula is C15H18N6O. The highest BCUT2D eigenvalue weighted by molar-refractivity contribution is 5.96. The summed E-state index contributed by atoms with van der Waals surface area (Å²) in [7, 11) is 1.68. The Balaban J connectivity index is 0.00000144. The van der Waals surface area contributed by atoms with Crippen LogP contribution in [0.5, 0.6) is 0 Å². The zero-order valence-corrected chi connectivity index (χ0v) is 12.0. The average Bonchev–Trinajstić information content (AvgIpc) is 3.20. The highest BCUT2D eigenvalue weighted by Crippen LogP contribution is 2.25. The zero-order valence-electron chi connectivity index (χ0n) is 12.0. The molecule has 0 aliphatic carbocycles. The number of hydrogen-bond donors (Lipinski definition) is 2. The molecule has 0 saturated heterocycles. The number of nitrogens with one attached hydrogen (secondary N) is 2. The Bertz CT molecular complexity index is 866. The molecule has 3 aromatic heterocycles. The molecule has 2 N–H and O–H groups in total. The van der Waals surface area contributed by atoms with Gasteiger partial charge in [-0.15, -0.1) is 0 Å². The molecule has 3 rings (SSSR count). The first kappa shape index (κ1) is 13.8. The van der Waals surface area contributed by atoms with E-state index in [-0.39, 0.29) is 8.76 Å². The number of amides is 1. The molecule has 1 amide bonds. The van der Waals surface area contributed by atoms with Gasteiger partial charge in [0.25, 0.3) is 5.91 Å². The van der Waals surface area contributed by atoms with Gasteiger partial charge in [0, 0.05) is 39.8 Å². The van der Waals surface area contributed by atoms with Gasteiger partial charge in [-0.25, -0.2) is 9.97 Å². The highest BCUT2D eigenvalue weighted by Gasteiger charge is 2.15. The van der Waals surface area contributed by atoms with E-state index in [1.165, 1.54) is 11.2 Å². The van der Waals surface area contributed by atoms with Gasteiger partial charge in [-0.05, 0) is 12.1 Å². The van der Waals surface area contributed by atoms with Gasteiger partial charge in [-0.3, -0.25) is 4.79 Å². The summed E-state index contributed by atoms with van der Waals surface area (Å²) in [5.74, 6) is -0.152. The molecule has 3 aromatic rings. The van der Waals surface area contributed by atoms with Crippen LogP contribution in [-0.4, -0.2) is 44.3 Å². The number of rotatable bonds is 4. The summed E-state index contributed by atoms with van der Waals surface area (Å²) in [4.78, 5) is 28.2. The Labute approximate surface area is 129 Å². The minimum Gasteiger partial charge on any atom is -0.357 e. The minimum atomic E-state index is -0.152. The molecule has 0 atom stereocenters. The Hall–Kier alpha value is -3.14. The zero-order chi connectivity index (χ0) is 15.5. The maximum absolute atomic E-state index is 12.3. The van der Waals surface area contributed by atoms with Crippen molar-refractivity contribution >= 4 is 16.9 Å². The van der Waals surface area contributed by atoms with Crippen LogP contribution in [0.15, 0.2) is 30.9 Å². The number of hydrogen-bond acceptors (Lipinski definition) is 4. The van der Waals surface area contributed by atoms with E-state index in [1.807, 2.05) is 12.1 Å². The fourth-order valence-electron chi connectivity index (χ4n) is 2.28. The number of carbonyl (C=O) groups excluding carboxylic acids is 1. The molecule has 0 bridgehead atoms. The van der Waals surface area contributed by atoms with E-state index in [0.717, 1.165) is 22.3 Å². The summed E-state index contributed by atoms with van der Waals surface area (Å²) in [5.41, 5.74) is 2.81. The van der Waals surface area contributed by atoms with Gasteiger partial charge < -0.3 is 14.9 Å². The number of carbonyl (C=O) groups is 1. The Morgan fingerprint density at radius 2 is 2.32 bits per heavy atom. The third kappa shape index (κ3) is 2.42. The van der Waals surface area contributed by atoms with Crippen molar-refractivity contribution in [2.45, 2.75) is 6.42 Å². The van der Waals surface area contributed by atoms with Crippen molar-refractivity contribution in [2.75, 3.05) is 13.6 Å². The smallest absolute Gasteiger partial charge is 0.270 e. The van der Waals surface area contributed by atoms with E-state index >= 15 is 0 Å². The molecular weight excluding hydrogens is 280 g/mol. The molecule has 0 spiro atoms. The lowest BCUT2D eigenvalue weighted by Crippen LogP contribution is -2.27. The number of fused-ring (bicyclic) bond motifs is 1. The topological polar surface area (TPSA) is 101 Å². The predicted molar refractivity (Wildman–Crippen MR) is 85.1 cm³/mol. The molecule has 22 heavy (non-hydrogen) atoms. The van der Waals surface area contributed by atoms with Crippen LogP contribution in [0.1, 0.15) is 19.8 Å². The second-order valence-electron chi connectivity index (χ2n) is 4.90. The van der Waals surface area contributed by atoms with E-state index in [4.69, 9.17) is 5.26 Å². The molecule has 0 fully saturated rings. The van der Waals surface area contributed by atoms with Crippen molar-refractivity contribution in [3.8, 4) is 17.3 Å². The SMILES string of the molecule is CN(CCC#N)C(=O)c1cc(-c2ncnc3[nH]ccc23)c[nH]1.[HH].[HH]. The lowest BCUT2D eigenvalue weighted by atomic mass is 10.1. The lowest BCUT2D eigenvalue weighted by molar-refractivity contribution is 0.0793. The van der Waals surface area contributed by atoms with Gasteiger partial charge in [0.2, 0.25) is 0 Å². The molecule has 0 saturated carbocycles. The van der Waals surface area contributed by atoms with Gasteiger partial charge in [0.05, 0.1) is 18.2 Å². The van der Waals surface area contributed by atoms with Crippen molar-refractivity contribution in [1.29, 1.82) is 5.26 Å². The summed E-state index contributed by atoms with van der Waals surface area (Å²) in [6, 6.07) is 5.69. The largest absolute Gasteiger partial charge is 0.357 e.